The van der Waals surface area contributed by atoms with Crippen molar-refractivity contribution in [3.05, 3.63) is 65.2 Å². The van der Waals surface area contributed by atoms with Gasteiger partial charge >= 0.3 is 0 Å². The third-order valence-electron chi connectivity index (χ3n) is 5.01. The molecule has 0 fully saturated rings. The highest BCUT2D eigenvalue weighted by atomic mass is 16.5. The van der Waals surface area contributed by atoms with E-state index < -0.39 is 0 Å². The van der Waals surface area contributed by atoms with Crippen LogP contribution in [0, 0.1) is 0 Å². The molecule has 1 aliphatic heterocycles. The zero-order valence-electron chi connectivity index (χ0n) is 16.1. The summed E-state index contributed by atoms with van der Waals surface area (Å²) in [6, 6.07) is 16.5. The van der Waals surface area contributed by atoms with Gasteiger partial charge in [-0.05, 0) is 42.2 Å². The van der Waals surface area contributed by atoms with Crippen molar-refractivity contribution in [1.82, 2.24) is 10.2 Å². The lowest BCUT2D eigenvalue weighted by atomic mass is 9.99. The summed E-state index contributed by atoms with van der Waals surface area (Å²) in [7, 11) is 1.63. The topological polar surface area (TPSA) is 50.8 Å². The van der Waals surface area contributed by atoms with E-state index in [1.165, 1.54) is 11.1 Å². The van der Waals surface area contributed by atoms with Gasteiger partial charge in [0.15, 0.2) is 0 Å². The fraction of sp³-hybridized carbons (Fsp3) is 0.409. The summed E-state index contributed by atoms with van der Waals surface area (Å²) in [5.74, 6) is 0.708. The highest BCUT2D eigenvalue weighted by molar-refractivity contribution is 5.77. The Balaban J connectivity index is 1.37. The monoisotopic (exact) mass is 368 g/mol. The molecule has 0 radical (unpaired) electrons. The summed E-state index contributed by atoms with van der Waals surface area (Å²) in [4.78, 5) is 14.5. The second-order valence-corrected chi connectivity index (χ2v) is 6.99. The van der Waals surface area contributed by atoms with Crippen LogP contribution >= 0.6 is 0 Å². The van der Waals surface area contributed by atoms with Gasteiger partial charge < -0.3 is 14.8 Å². The molecule has 1 heterocycles. The highest BCUT2D eigenvalue weighted by Crippen LogP contribution is 2.20. The van der Waals surface area contributed by atoms with Crippen molar-refractivity contribution in [1.29, 1.82) is 0 Å². The van der Waals surface area contributed by atoms with E-state index in [0.717, 1.165) is 30.8 Å². The summed E-state index contributed by atoms with van der Waals surface area (Å²) < 4.78 is 10.7. The number of methoxy groups -OCH3 is 1. The van der Waals surface area contributed by atoms with Gasteiger partial charge in [-0.15, -0.1) is 0 Å². The number of amides is 1. The predicted molar refractivity (Wildman–Crippen MR) is 106 cm³/mol. The van der Waals surface area contributed by atoms with Crippen LogP contribution in [0.5, 0.6) is 5.75 Å². The third-order valence-corrected chi connectivity index (χ3v) is 5.01. The summed E-state index contributed by atoms with van der Waals surface area (Å²) in [5, 5.41) is 2.98. The van der Waals surface area contributed by atoms with Crippen LogP contribution in [0.1, 0.15) is 23.6 Å². The summed E-state index contributed by atoms with van der Waals surface area (Å²) in [6.07, 6.45) is 1.07. The molecule has 1 N–H and O–H groups in total. The average Bonchev–Trinajstić information content (AvgIpc) is 2.71. The zero-order chi connectivity index (χ0) is 19.1. The first-order chi connectivity index (χ1) is 13.2. The van der Waals surface area contributed by atoms with Crippen molar-refractivity contribution in [3.63, 3.8) is 0 Å². The van der Waals surface area contributed by atoms with E-state index in [9.17, 15) is 4.79 Å². The van der Waals surface area contributed by atoms with Crippen molar-refractivity contribution in [3.8, 4) is 5.75 Å². The Morgan fingerprint density at radius 3 is 2.81 bits per heavy atom. The number of hydrogen-bond donors (Lipinski definition) is 1. The van der Waals surface area contributed by atoms with Crippen molar-refractivity contribution in [2.24, 2.45) is 0 Å². The van der Waals surface area contributed by atoms with Crippen molar-refractivity contribution < 1.29 is 14.3 Å². The van der Waals surface area contributed by atoms with Gasteiger partial charge in [-0.25, -0.2) is 0 Å². The molecule has 0 saturated heterocycles. The Bertz CT molecular complexity index is 763. The van der Waals surface area contributed by atoms with E-state index in [1.54, 1.807) is 7.11 Å². The van der Waals surface area contributed by atoms with Gasteiger partial charge in [-0.2, -0.15) is 0 Å². The Kier molecular flexibility index (Phi) is 6.85. The van der Waals surface area contributed by atoms with Crippen LogP contribution in [0.15, 0.2) is 48.5 Å². The van der Waals surface area contributed by atoms with E-state index in [-0.39, 0.29) is 12.5 Å². The molecule has 0 unspecified atom stereocenters. The number of carbonyl (C=O) groups excluding carboxylic acids is 1. The maximum Gasteiger partial charge on any atom is 0.246 e. The van der Waals surface area contributed by atoms with E-state index in [2.05, 4.69) is 41.4 Å². The van der Waals surface area contributed by atoms with Gasteiger partial charge in [0.05, 0.1) is 13.7 Å². The lowest BCUT2D eigenvalue weighted by Gasteiger charge is -2.33. The lowest BCUT2D eigenvalue weighted by molar-refractivity contribution is -0.126. The van der Waals surface area contributed by atoms with Gasteiger partial charge in [-0.1, -0.05) is 36.4 Å². The number of ether oxygens (including phenoxy) is 2. The number of fused-ring (bicyclic) bond motifs is 1. The van der Waals surface area contributed by atoms with Gasteiger partial charge in [0.1, 0.15) is 12.4 Å². The van der Waals surface area contributed by atoms with E-state index >= 15 is 0 Å². The van der Waals surface area contributed by atoms with Crippen LogP contribution in [0.25, 0.3) is 0 Å². The van der Waals surface area contributed by atoms with Crippen LogP contribution in [0.4, 0.5) is 0 Å². The number of nitrogens with one attached hydrogen (secondary N) is 1. The molecule has 0 aliphatic carbocycles. The second kappa shape index (κ2) is 9.53. The predicted octanol–water partition coefficient (Wildman–Crippen LogP) is 2.77. The van der Waals surface area contributed by atoms with E-state index in [0.29, 0.717) is 19.2 Å². The minimum absolute atomic E-state index is 0.0623. The highest BCUT2D eigenvalue weighted by Gasteiger charge is 2.20. The first-order valence-corrected chi connectivity index (χ1v) is 9.44. The summed E-state index contributed by atoms with van der Waals surface area (Å²) >= 11 is 0. The van der Waals surface area contributed by atoms with Gasteiger partial charge in [0.2, 0.25) is 5.91 Å². The maximum atomic E-state index is 12.1. The largest absolute Gasteiger partial charge is 0.497 e. The molecule has 0 bridgehead atoms. The molecule has 2 aromatic carbocycles. The lowest BCUT2D eigenvalue weighted by Crippen LogP contribution is -2.45. The van der Waals surface area contributed by atoms with Crippen LogP contribution in [0.3, 0.4) is 0 Å². The molecule has 2 aromatic rings. The summed E-state index contributed by atoms with van der Waals surface area (Å²) in [6.45, 7) is 5.21. The quantitative estimate of drug-likeness (QED) is 0.778. The molecule has 1 aliphatic rings. The Labute approximate surface area is 161 Å². The minimum atomic E-state index is -0.0813. The van der Waals surface area contributed by atoms with Gasteiger partial charge in [0.25, 0.3) is 0 Å². The number of carbonyl (C=O) groups is 1. The van der Waals surface area contributed by atoms with E-state index in [1.807, 2.05) is 24.3 Å². The fourth-order valence-electron chi connectivity index (χ4n) is 3.36. The van der Waals surface area contributed by atoms with Crippen LogP contribution in [0.2, 0.25) is 0 Å². The van der Waals surface area contributed by atoms with Crippen LogP contribution < -0.4 is 10.1 Å². The first kappa shape index (κ1) is 19.4. The van der Waals surface area contributed by atoms with Crippen molar-refractivity contribution in [2.45, 2.75) is 32.5 Å². The maximum absolute atomic E-state index is 12.1. The summed E-state index contributed by atoms with van der Waals surface area (Å²) in [5.41, 5.74) is 3.82. The molecular formula is C22H28N2O3. The Morgan fingerprint density at radius 2 is 2.00 bits per heavy atom. The first-order valence-electron chi connectivity index (χ1n) is 9.44. The molecular weight excluding hydrogens is 340 g/mol. The number of hydrogen-bond acceptors (Lipinski definition) is 4. The molecule has 5 nitrogen and oxygen atoms in total. The zero-order valence-corrected chi connectivity index (χ0v) is 16.1. The van der Waals surface area contributed by atoms with Gasteiger partial charge in [0, 0.05) is 25.7 Å². The van der Waals surface area contributed by atoms with Gasteiger partial charge in [-0.3, -0.25) is 9.69 Å². The molecule has 0 spiro atoms. The molecule has 0 aromatic heterocycles. The number of nitrogens with zero attached hydrogens (tertiary/aromatic N) is 1. The number of rotatable bonds is 8. The normalized spacial score (nSPS) is 15.0. The standard InChI is InChI=1S/C22H28N2O3/c1-17(24-11-10-19-7-3-4-8-20(19)14-24)13-23-22(25)16-27-15-18-6-5-9-21(12-18)26-2/h3-9,12,17H,10-11,13-16H2,1-2H3,(H,23,25)/t17-/m1/s1. The molecule has 5 heteroatoms. The third kappa shape index (κ3) is 5.55. The molecule has 27 heavy (non-hydrogen) atoms. The van der Waals surface area contributed by atoms with Crippen LogP contribution in [-0.4, -0.2) is 43.7 Å². The molecule has 1 amide bonds. The molecule has 3 rings (SSSR count). The van der Waals surface area contributed by atoms with Crippen LogP contribution in [-0.2, 0) is 29.1 Å². The van der Waals surface area contributed by atoms with Crippen molar-refractivity contribution >= 4 is 5.91 Å². The second-order valence-electron chi connectivity index (χ2n) is 6.99. The molecule has 144 valence electrons. The average molecular weight is 368 g/mol. The fourth-order valence-corrected chi connectivity index (χ4v) is 3.36. The SMILES string of the molecule is COc1cccc(COCC(=O)NC[C@@H](C)N2CCc3ccccc3C2)c1. The Morgan fingerprint density at radius 1 is 1.19 bits per heavy atom. The number of benzene rings is 2. The van der Waals surface area contributed by atoms with Crippen molar-refractivity contribution in [2.75, 3.05) is 26.8 Å². The van der Waals surface area contributed by atoms with E-state index in [4.69, 9.17) is 9.47 Å². The smallest absolute Gasteiger partial charge is 0.246 e. The minimum Gasteiger partial charge on any atom is -0.497 e. The molecule has 0 saturated carbocycles. The Hall–Kier alpha value is -2.37. The molecule has 1 atom stereocenters.